The number of aryl methyl sites for hydroxylation is 1. The van der Waals surface area contributed by atoms with Crippen LogP contribution in [0.4, 0.5) is 11.5 Å². The summed E-state index contributed by atoms with van der Waals surface area (Å²) in [5.41, 5.74) is 7.51. The number of rotatable bonds is 9. The molecule has 0 saturated carbocycles. The Kier molecular flexibility index (Phi) is 7.65. The normalized spacial score (nSPS) is 22.6. The van der Waals surface area contributed by atoms with Crippen molar-refractivity contribution < 1.29 is 34.2 Å². The lowest BCUT2D eigenvalue weighted by molar-refractivity contribution is -0.384. The van der Waals surface area contributed by atoms with Gasteiger partial charge in [-0.1, -0.05) is 23.9 Å². The number of ether oxygens (including phenoxy) is 1. The van der Waals surface area contributed by atoms with Gasteiger partial charge >= 0.3 is 6.72 Å². The van der Waals surface area contributed by atoms with Crippen molar-refractivity contribution >= 4 is 53.0 Å². The number of nitrogen functional groups attached to an aromatic ring is 1. The Balaban J connectivity index is 1.48. The molecule has 3 heterocycles. The zero-order chi connectivity index (χ0) is 25.3. The fourth-order valence-corrected chi connectivity index (χ4v) is 4.84. The van der Waals surface area contributed by atoms with Gasteiger partial charge in [-0.05, 0) is 23.8 Å². The van der Waals surface area contributed by atoms with Crippen molar-refractivity contribution in [2.45, 2.75) is 36.1 Å². The average Bonchev–Trinajstić information content (AvgIpc) is 3.34. The van der Waals surface area contributed by atoms with Gasteiger partial charge in [0.15, 0.2) is 22.8 Å². The molecule has 2 aromatic heterocycles. The van der Waals surface area contributed by atoms with Crippen LogP contribution in [0.25, 0.3) is 11.2 Å². The molecule has 0 radical (unpaired) electrons. The van der Waals surface area contributed by atoms with Gasteiger partial charge in [0, 0.05) is 17.9 Å². The highest BCUT2D eigenvalue weighted by Crippen LogP contribution is 2.39. The third-order valence-electron chi connectivity index (χ3n) is 5.22. The second kappa shape index (κ2) is 10.4. The first-order valence-corrected chi connectivity index (χ1v) is 13.7. The Morgan fingerprint density at radius 3 is 2.63 bits per heavy atom. The lowest BCUT2D eigenvalue weighted by Crippen LogP contribution is -2.33. The van der Waals surface area contributed by atoms with Crippen molar-refractivity contribution in [1.82, 2.24) is 19.5 Å². The lowest BCUT2D eigenvalue weighted by atomic mass is 10.1. The smallest absolute Gasteiger partial charge is 0.321 e. The molecule has 1 aliphatic heterocycles. The third kappa shape index (κ3) is 5.94. The van der Waals surface area contributed by atoms with E-state index in [1.807, 2.05) is 0 Å². The molecule has 0 aliphatic carbocycles. The van der Waals surface area contributed by atoms with E-state index in [4.69, 9.17) is 15.0 Å². The Hall–Kier alpha value is -2.27. The van der Waals surface area contributed by atoms with Crippen LogP contribution in [0.3, 0.4) is 0 Å². The summed E-state index contributed by atoms with van der Waals surface area (Å²) in [6.45, 7) is -4.40. The van der Waals surface area contributed by atoms with Gasteiger partial charge in [0.25, 0.3) is 5.69 Å². The number of aromatic nitrogens is 4. The number of nitrogens with two attached hydrogens (primary N) is 1. The van der Waals surface area contributed by atoms with Crippen molar-refractivity contribution in [2.24, 2.45) is 0 Å². The Labute approximate surface area is 207 Å². The lowest BCUT2D eigenvalue weighted by Gasteiger charge is -2.17. The molecule has 1 aromatic carbocycles. The van der Waals surface area contributed by atoms with Crippen molar-refractivity contribution in [2.75, 3.05) is 18.1 Å². The highest BCUT2D eigenvalue weighted by atomic mass is 32.5. The van der Waals surface area contributed by atoms with Crippen LogP contribution in [0.2, 0.25) is 0 Å². The van der Waals surface area contributed by atoms with Gasteiger partial charge in [-0.2, -0.15) is 0 Å². The van der Waals surface area contributed by atoms with E-state index in [1.54, 1.807) is 12.1 Å². The van der Waals surface area contributed by atoms with Crippen LogP contribution >= 0.6 is 18.5 Å². The number of nitro groups is 1. The number of fused-ring (bicyclic) bond motifs is 1. The van der Waals surface area contributed by atoms with Crippen LogP contribution in [-0.4, -0.2) is 75.1 Å². The van der Waals surface area contributed by atoms with Crippen LogP contribution in [0, 0.1) is 10.1 Å². The molecule has 0 bridgehead atoms. The predicted molar refractivity (Wildman–Crippen MR) is 128 cm³/mol. The summed E-state index contributed by atoms with van der Waals surface area (Å²) in [6.07, 6.45) is -3.04. The van der Waals surface area contributed by atoms with Crippen LogP contribution in [0.5, 0.6) is 0 Å². The summed E-state index contributed by atoms with van der Waals surface area (Å²) in [5.74, 6) is 0.673. The van der Waals surface area contributed by atoms with E-state index in [2.05, 4.69) is 26.8 Å². The highest BCUT2D eigenvalue weighted by molar-refractivity contribution is 8.06. The molecular weight excluding hydrogens is 523 g/mol. The molecule has 35 heavy (non-hydrogen) atoms. The molecule has 14 nitrogen and oxygen atoms in total. The molecule has 1 saturated heterocycles. The minimum Gasteiger partial charge on any atom is -0.387 e. The number of hydrogen-bond acceptors (Lipinski definition) is 12. The first-order valence-electron chi connectivity index (χ1n) is 10.1. The van der Waals surface area contributed by atoms with Crippen LogP contribution in [-0.2, 0) is 27.5 Å². The monoisotopic (exact) mass is 544 g/mol. The number of hydrogen-bond donors (Lipinski definition) is 5. The average molecular weight is 545 g/mol. The molecule has 0 unspecified atom stereocenters. The van der Waals surface area contributed by atoms with Crippen LogP contribution in [0.1, 0.15) is 11.8 Å². The van der Waals surface area contributed by atoms with Gasteiger partial charge in [0.1, 0.15) is 23.8 Å². The van der Waals surface area contributed by atoms with Crippen molar-refractivity contribution in [1.29, 1.82) is 0 Å². The molecule has 0 spiro atoms. The van der Waals surface area contributed by atoms with E-state index >= 15 is 0 Å². The molecule has 1 fully saturated rings. The molecule has 3 aromatic rings. The van der Waals surface area contributed by atoms with Gasteiger partial charge < -0.3 is 35.0 Å². The molecule has 4 rings (SSSR count). The zero-order valence-corrected chi connectivity index (χ0v) is 20.3. The predicted octanol–water partition coefficient (Wildman–Crippen LogP) is 0.496. The fourth-order valence-electron chi connectivity index (χ4n) is 3.48. The number of anilines is 1. The van der Waals surface area contributed by atoms with Gasteiger partial charge in [-0.25, -0.2) is 15.0 Å². The Morgan fingerprint density at radius 2 is 1.97 bits per heavy atom. The number of thioether (sulfide) groups is 1. The maximum atomic E-state index is 10.8. The van der Waals surface area contributed by atoms with Crippen molar-refractivity contribution in [3.05, 3.63) is 46.3 Å². The molecule has 0 amide bonds. The van der Waals surface area contributed by atoms with Crippen molar-refractivity contribution in [3.63, 3.8) is 0 Å². The summed E-state index contributed by atoms with van der Waals surface area (Å²) in [4.78, 5) is 41.7. The maximum Gasteiger partial charge on any atom is 0.321 e. The molecule has 17 heteroatoms. The number of non-ortho nitro benzene ring substituents is 1. The topological polar surface area (TPSA) is 212 Å². The number of benzene rings is 1. The van der Waals surface area contributed by atoms with E-state index < -0.39 is 42.8 Å². The van der Waals surface area contributed by atoms with Gasteiger partial charge in [-0.15, -0.1) is 0 Å². The molecule has 4 atom stereocenters. The number of aliphatic hydroxyl groups excluding tert-OH is 2. The van der Waals surface area contributed by atoms with E-state index in [-0.39, 0.29) is 22.7 Å². The van der Waals surface area contributed by atoms with Gasteiger partial charge in [0.2, 0.25) is 0 Å². The maximum absolute atomic E-state index is 10.8. The molecule has 1 aliphatic rings. The molecule has 6 N–H and O–H groups in total. The fraction of sp³-hybridized carbons (Fsp3) is 0.389. The largest absolute Gasteiger partial charge is 0.387 e. The van der Waals surface area contributed by atoms with Crippen LogP contribution in [0.15, 0.2) is 35.7 Å². The van der Waals surface area contributed by atoms with Crippen LogP contribution < -0.4 is 5.73 Å². The van der Waals surface area contributed by atoms with Gasteiger partial charge in [-0.3, -0.25) is 14.7 Å². The van der Waals surface area contributed by atoms with Crippen molar-refractivity contribution in [3.8, 4) is 0 Å². The first kappa shape index (κ1) is 25.8. The summed E-state index contributed by atoms with van der Waals surface area (Å²) in [7, 11) is 0. The second-order valence-corrected chi connectivity index (χ2v) is 11.3. The number of imidazole rings is 1. The standard InChI is InChI=1S/C18H21N6O8PS2/c19-15-12-16(22-18(21-15)35-6-5-9-1-3-10(4-2-9)24(27)28)23(8-20-12)17-14(26)13(25)11(32-17)7-31-33(29,30)34/h1-4,8,11,13-14,17,25-26H,5-7H2,(H2,19,21,22)(H2,29,30,34)/t11-,13-,14-,17-/m1/s1. The molecular formula is C18H21N6O8PS2. The zero-order valence-electron chi connectivity index (χ0n) is 17.8. The Bertz CT molecular complexity index is 1270. The Morgan fingerprint density at radius 1 is 1.26 bits per heavy atom. The number of nitro benzene ring substituents is 1. The summed E-state index contributed by atoms with van der Waals surface area (Å²) in [5, 5.41) is 31.9. The first-order chi connectivity index (χ1) is 16.5. The summed E-state index contributed by atoms with van der Waals surface area (Å²) < 4.78 is 11.8. The molecule has 188 valence electrons. The summed E-state index contributed by atoms with van der Waals surface area (Å²) >= 11 is 5.70. The number of nitrogens with zero attached hydrogens (tertiary/aromatic N) is 5. The van der Waals surface area contributed by atoms with Gasteiger partial charge in [0.05, 0.1) is 17.9 Å². The minimum atomic E-state index is -3.97. The SMILES string of the molecule is Nc1nc(SCCc2ccc([N+](=O)[O-])cc2)nc2c1ncn2[C@@H]1O[C@H](COP(O)(O)=S)[C@@H](O)[C@H]1O. The highest BCUT2D eigenvalue weighted by Gasteiger charge is 2.45. The van der Waals surface area contributed by atoms with E-state index in [9.17, 15) is 30.1 Å². The van der Waals surface area contributed by atoms with E-state index in [0.29, 0.717) is 17.3 Å². The number of aliphatic hydroxyl groups is 2. The van der Waals surface area contributed by atoms with E-state index in [0.717, 1.165) is 5.56 Å². The summed E-state index contributed by atoms with van der Waals surface area (Å²) in [6, 6.07) is 6.25. The minimum absolute atomic E-state index is 0.0179. The van der Waals surface area contributed by atoms with E-state index in [1.165, 1.54) is 34.8 Å². The third-order valence-corrected chi connectivity index (χ3v) is 6.87. The second-order valence-electron chi connectivity index (χ2n) is 7.57. The quantitative estimate of drug-likeness (QED) is 0.0816.